The first-order valence-electron chi connectivity index (χ1n) is 9.19. The predicted octanol–water partition coefficient (Wildman–Crippen LogP) is 4.80. The van der Waals surface area contributed by atoms with Gasteiger partial charge in [0.2, 0.25) is 0 Å². The van der Waals surface area contributed by atoms with E-state index in [1.807, 2.05) is 18.2 Å². The lowest BCUT2D eigenvalue weighted by atomic mass is 10.2. The highest BCUT2D eigenvalue weighted by Gasteiger charge is 2.22. The second-order valence-electron chi connectivity index (χ2n) is 6.56. The van der Waals surface area contributed by atoms with E-state index < -0.39 is 11.6 Å². The Morgan fingerprint density at radius 3 is 2.41 bits per heavy atom. The zero-order chi connectivity index (χ0) is 22.2. The fourth-order valence-electron chi connectivity index (χ4n) is 3.02. The Morgan fingerprint density at radius 1 is 0.969 bits per heavy atom. The molecule has 12 heteroatoms. The summed E-state index contributed by atoms with van der Waals surface area (Å²) in [5.41, 5.74) is 13.2. The van der Waals surface area contributed by atoms with Crippen LogP contribution in [0.25, 0.3) is 27.6 Å². The predicted molar refractivity (Wildman–Crippen MR) is 117 cm³/mol. The summed E-state index contributed by atoms with van der Waals surface area (Å²) < 4.78 is 29.4. The molecule has 0 saturated carbocycles. The van der Waals surface area contributed by atoms with Crippen molar-refractivity contribution in [2.24, 2.45) is 10.2 Å². The van der Waals surface area contributed by atoms with Crippen LogP contribution in [0.1, 0.15) is 0 Å². The summed E-state index contributed by atoms with van der Waals surface area (Å²) >= 11 is 1.12. The van der Waals surface area contributed by atoms with Crippen LogP contribution in [0.5, 0.6) is 0 Å². The van der Waals surface area contributed by atoms with Crippen LogP contribution in [0.3, 0.4) is 0 Å². The minimum atomic E-state index is -0.598. The second kappa shape index (κ2) is 7.74. The Labute approximate surface area is 183 Å². The number of hydrogen-bond acceptors (Lipinski definition) is 9. The molecule has 0 amide bonds. The molecule has 9 nitrogen and oxygen atoms in total. The third-order valence-corrected chi connectivity index (χ3v) is 5.31. The van der Waals surface area contributed by atoms with Crippen LogP contribution in [-0.4, -0.2) is 24.7 Å². The average Bonchev–Trinajstić information content (AvgIpc) is 3.36. The summed E-state index contributed by atoms with van der Waals surface area (Å²) in [5, 5.41) is 14.5. The van der Waals surface area contributed by atoms with Gasteiger partial charge in [0.15, 0.2) is 39.6 Å². The number of nitrogens with zero attached hydrogens (tertiary/aromatic N) is 7. The van der Waals surface area contributed by atoms with Crippen LogP contribution in [-0.2, 0) is 0 Å². The van der Waals surface area contributed by atoms with Crippen molar-refractivity contribution in [1.29, 1.82) is 0 Å². The highest BCUT2D eigenvalue weighted by Crippen LogP contribution is 2.34. The van der Waals surface area contributed by atoms with Gasteiger partial charge in [-0.2, -0.15) is 10.2 Å². The molecule has 5 rings (SSSR count). The minimum Gasteiger partial charge on any atom is -0.382 e. The van der Waals surface area contributed by atoms with E-state index in [1.54, 1.807) is 17.5 Å². The fourth-order valence-corrected chi connectivity index (χ4v) is 3.75. The first-order chi connectivity index (χ1) is 15.5. The molecule has 0 aliphatic rings. The lowest BCUT2D eigenvalue weighted by Crippen LogP contribution is -2.02. The number of azo groups is 1. The van der Waals surface area contributed by atoms with Gasteiger partial charge in [-0.05, 0) is 29.6 Å². The van der Waals surface area contributed by atoms with Crippen molar-refractivity contribution in [3.63, 3.8) is 0 Å². The van der Waals surface area contributed by atoms with Gasteiger partial charge in [-0.15, -0.1) is 16.5 Å². The summed E-state index contributed by atoms with van der Waals surface area (Å²) in [5.74, 6) is -1.15. The maximum atomic E-state index is 14.2. The van der Waals surface area contributed by atoms with Gasteiger partial charge in [0.05, 0.1) is 17.3 Å². The SMILES string of the molecule is Nc1nc(-c2nn(-c3sccc3F)c3ncc(F)cc23)nc(N)c1/N=N/c1ccccc1. The number of rotatable bonds is 4. The maximum Gasteiger partial charge on any atom is 0.184 e. The van der Waals surface area contributed by atoms with Crippen molar-refractivity contribution in [3.05, 3.63) is 65.7 Å². The van der Waals surface area contributed by atoms with Crippen molar-refractivity contribution in [2.75, 3.05) is 11.5 Å². The molecular formula is C20H13F2N9S. The fraction of sp³-hybridized carbons (Fsp3) is 0. The van der Waals surface area contributed by atoms with Crippen LogP contribution < -0.4 is 11.5 Å². The van der Waals surface area contributed by atoms with Gasteiger partial charge < -0.3 is 11.5 Å². The van der Waals surface area contributed by atoms with Gasteiger partial charge in [0.25, 0.3) is 0 Å². The van der Waals surface area contributed by atoms with E-state index in [-0.39, 0.29) is 44.9 Å². The number of aromatic nitrogens is 5. The standard InChI is InChI=1S/C20H13F2N9S/c21-10-8-12-14(30-31(19(12)25-9-10)20-13(22)6-7-32-20)18-26-16(23)15(17(24)27-18)29-28-11-4-2-1-3-5-11/h1-9H,(H4,23,24,26,27)/b29-28+. The lowest BCUT2D eigenvalue weighted by Gasteiger charge is -2.05. The Kier molecular flexibility index (Phi) is 4.75. The normalized spacial score (nSPS) is 11.6. The van der Waals surface area contributed by atoms with Crippen molar-refractivity contribution in [3.8, 4) is 16.5 Å². The van der Waals surface area contributed by atoms with E-state index in [0.29, 0.717) is 5.69 Å². The topological polar surface area (TPSA) is 133 Å². The molecule has 1 aromatic carbocycles. The number of nitrogens with two attached hydrogens (primary N) is 2. The molecule has 5 aromatic rings. The molecule has 0 radical (unpaired) electrons. The van der Waals surface area contributed by atoms with Gasteiger partial charge in [-0.1, -0.05) is 18.2 Å². The van der Waals surface area contributed by atoms with Gasteiger partial charge in [-0.25, -0.2) is 28.4 Å². The molecule has 0 aliphatic heterocycles. The highest BCUT2D eigenvalue weighted by molar-refractivity contribution is 7.12. The third kappa shape index (κ3) is 3.41. The van der Waals surface area contributed by atoms with E-state index in [9.17, 15) is 8.78 Å². The second-order valence-corrected chi connectivity index (χ2v) is 7.46. The summed E-state index contributed by atoms with van der Waals surface area (Å²) in [6.07, 6.45) is 1.02. The third-order valence-electron chi connectivity index (χ3n) is 4.45. The van der Waals surface area contributed by atoms with Crippen molar-refractivity contribution in [1.82, 2.24) is 24.7 Å². The molecule has 4 N–H and O–H groups in total. The molecule has 0 saturated heterocycles. The number of hydrogen-bond donors (Lipinski definition) is 2. The van der Waals surface area contributed by atoms with Crippen molar-refractivity contribution < 1.29 is 8.78 Å². The lowest BCUT2D eigenvalue weighted by molar-refractivity contribution is 0.619. The van der Waals surface area contributed by atoms with Gasteiger partial charge >= 0.3 is 0 Å². The summed E-state index contributed by atoms with van der Waals surface area (Å²) in [6, 6.07) is 11.5. The number of benzene rings is 1. The molecule has 32 heavy (non-hydrogen) atoms. The van der Waals surface area contributed by atoms with E-state index >= 15 is 0 Å². The largest absolute Gasteiger partial charge is 0.382 e. The zero-order valence-corrected chi connectivity index (χ0v) is 17.0. The monoisotopic (exact) mass is 449 g/mol. The first kappa shape index (κ1) is 19.6. The number of fused-ring (bicyclic) bond motifs is 1. The van der Waals surface area contributed by atoms with Gasteiger partial charge in [-0.3, -0.25) is 0 Å². The molecule has 0 atom stereocenters. The Bertz CT molecular complexity index is 1450. The molecular weight excluding hydrogens is 436 g/mol. The number of halogens is 2. The zero-order valence-electron chi connectivity index (χ0n) is 16.1. The van der Waals surface area contributed by atoms with Gasteiger partial charge in [0.1, 0.15) is 11.5 Å². The first-order valence-corrected chi connectivity index (χ1v) is 10.1. The molecule has 4 heterocycles. The van der Waals surface area contributed by atoms with E-state index in [0.717, 1.165) is 17.5 Å². The molecule has 0 bridgehead atoms. The van der Waals surface area contributed by atoms with Crippen molar-refractivity contribution >= 4 is 45.4 Å². The number of anilines is 2. The highest BCUT2D eigenvalue weighted by atomic mass is 32.1. The quantitative estimate of drug-likeness (QED) is 0.379. The van der Waals surface area contributed by atoms with E-state index in [4.69, 9.17) is 11.5 Å². The molecule has 158 valence electrons. The van der Waals surface area contributed by atoms with Crippen LogP contribution in [0, 0.1) is 11.6 Å². The van der Waals surface area contributed by atoms with Crippen LogP contribution >= 0.6 is 11.3 Å². The van der Waals surface area contributed by atoms with Crippen molar-refractivity contribution in [2.45, 2.75) is 0 Å². The number of pyridine rings is 1. The Morgan fingerprint density at radius 2 is 1.72 bits per heavy atom. The van der Waals surface area contributed by atoms with Crippen LogP contribution in [0.15, 0.2) is 64.3 Å². The maximum absolute atomic E-state index is 14.2. The average molecular weight is 449 g/mol. The number of nitrogen functional groups attached to an aromatic ring is 2. The Balaban J connectivity index is 1.64. The molecule has 0 aliphatic carbocycles. The molecule has 4 aromatic heterocycles. The van der Waals surface area contributed by atoms with Crippen LogP contribution in [0.4, 0.5) is 31.8 Å². The molecule has 0 unspecified atom stereocenters. The Hall–Kier alpha value is -4.32. The van der Waals surface area contributed by atoms with Gasteiger partial charge in [0, 0.05) is 0 Å². The minimum absolute atomic E-state index is 0.0202. The van der Waals surface area contributed by atoms with E-state index in [1.165, 1.54) is 16.8 Å². The smallest absolute Gasteiger partial charge is 0.184 e. The number of thiophene rings is 1. The molecule has 0 fully saturated rings. The summed E-state index contributed by atoms with van der Waals surface area (Å²) in [4.78, 5) is 12.5. The molecule has 0 spiro atoms. The van der Waals surface area contributed by atoms with Crippen LogP contribution in [0.2, 0.25) is 0 Å². The van der Waals surface area contributed by atoms with E-state index in [2.05, 4.69) is 30.3 Å². The summed E-state index contributed by atoms with van der Waals surface area (Å²) in [7, 11) is 0. The summed E-state index contributed by atoms with van der Waals surface area (Å²) in [6.45, 7) is 0.